The van der Waals surface area contributed by atoms with Crippen molar-refractivity contribution < 1.29 is 4.74 Å². The normalized spacial score (nSPS) is 18.8. The van der Waals surface area contributed by atoms with E-state index >= 15 is 0 Å². The molecule has 0 radical (unpaired) electrons. The highest BCUT2D eigenvalue weighted by molar-refractivity contribution is 7.80. The van der Waals surface area contributed by atoms with Crippen molar-refractivity contribution >= 4 is 17.2 Å². The van der Waals surface area contributed by atoms with Crippen LogP contribution in [-0.4, -0.2) is 36.2 Å². The van der Waals surface area contributed by atoms with Crippen LogP contribution in [0.25, 0.3) is 0 Å². The molecular weight excluding hydrogens is 268 g/mol. The van der Waals surface area contributed by atoms with Crippen molar-refractivity contribution in [2.45, 2.75) is 32.2 Å². The van der Waals surface area contributed by atoms with Gasteiger partial charge in [0.15, 0.2) is 0 Å². The fraction of sp³-hybridized carbons (Fsp3) is 0.562. The Bertz CT molecular complexity index is 458. The van der Waals surface area contributed by atoms with E-state index in [1.165, 1.54) is 11.1 Å². The molecule has 1 heterocycles. The predicted molar refractivity (Wildman–Crippen MR) is 87.1 cm³/mol. The minimum Gasteiger partial charge on any atom is -0.392 e. The van der Waals surface area contributed by atoms with Gasteiger partial charge in [-0.2, -0.15) is 0 Å². The van der Waals surface area contributed by atoms with Gasteiger partial charge >= 0.3 is 0 Å². The molecular formula is C16H24N2OS. The Kier molecular flexibility index (Phi) is 4.78. The maximum atomic E-state index is 5.97. The number of nitrogens with two attached hydrogens (primary N) is 1. The number of hydrogen-bond acceptors (Lipinski definition) is 3. The highest BCUT2D eigenvalue weighted by atomic mass is 32.1. The average molecular weight is 292 g/mol. The van der Waals surface area contributed by atoms with Gasteiger partial charge in [0.2, 0.25) is 0 Å². The van der Waals surface area contributed by atoms with Crippen LogP contribution < -0.4 is 5.73 Å². The van der Waals surface area contributed by atoms with Crippen LogP contribution in [-0.2, 0) is 10.2 Å². The molecule has 1 fully saturated rings. The Morgan fingerprint density at radius 2 is 1.75 bits per heavy atom. The van der Waals surface area contributed by atoms with Gasteiger partial charge < -0.3 is 10.5 Å². The number of hydrogen-bond donors (Lipinski definition) is 1. The molecule has 0 aromatic heterocycles. The number of rotatable bonds is 3. The molecule has 0 bridgehead atoms. The molecule has 20 heavy (non-hydrogen) atoms. The van der Waals surface area contributed by atoms with Crippen LogP contribution in [0.2, 0.25) is 0 Å². The van der Waals surface area contributed by atoms with Crippen molar-refractivity contribution in [3.8, 4) is 0 Å². The lowest BCUT2D eigenvalue weighted by molar-refractivity contribution is 0.0289. The minimum absolute atomic E-state index is 0.0166. The Hall–Kier alpha value is -0.970. The van der Waals surface area contributed by atoms with Gasteiger partial charge in [-0.05, 0) is 16.5 Å². The Labute approximate surface area is 127 Å². The van der Waals surface area contributed by atoms with Crippen molar-refractivity contribution in [1.82, 2.24) is 4.90 Å². The van der Waals surface area contributed by atoms with Gasteiger partial charge in [0.25, 0.3) is 0 Å². The molecule has 1 aromatic carbocycles. The van der Waals surface area contributed by atoms with E-state index in [2.05, 4.69) is 49.9 Å². The smallest absolute Gasteiger partial charge is 0.0948 e. The fourth-order valence-electron chi connectivity index (χ4n) is 2.56. The van der Waals surface area contributed by atoms with E-state index in [1.807, 2.05) is 0 Å². The molecule has 110 valence electrons. The van der Waals surface area contributed by atoms with Crippen molar-refractivity contribution in [2.24, 2.45) is 5.73 Å². The zero-order valence-corrected chi connectivity index (χ0v) is 13.4. The molecule has 4 heteroatoms. The number of morpholine rings is 1. The summed E-state index contributed by atoms with van der Waals surface area (Å²) in [5.74, 6) is 0. The molecule has 1 aromatic rings. The minimum atomic E-state index is 0.0166. The summed E-state index contributed by atoms with van der Waals surface area (Å²) in [5.41, 5.74) is 8.63. The van der Waals surface area contributed by atoms with E-state index in [-0.39, 0.29) is 11.5 Å². The monoisotopic (exact) mass is 292 g/mol. The second-order valence-electron chi connectivity index (χ2n) is 6.33. The second kappa shape index (κ2) is 6.20. The summed E-state index contributed by atoms with van der Waals surface area (Å²) < 4.78 is 5.40. The van der Waals surface area contributed by atoms with Crippen LogP contribution in [0, 0.1) is 0 Å². The molecule has 1 aliphatic heterocycles. The number of benzene rings is 1. The third kappa shape index (κ3) is 3.57. The third-order valence-corrected chi connectivity index (χ3v) is 4.00. The summed E-state index contributed by atoms with van der Waals surface area (Å²) in [6.07, 6.45) is 0. The average Bonchev–Trinajstić information content (AvgIpc) is 2.39. The van der Waals surface area contributed by atoms with Gasteiger partial charge in [-0.1, -0.05) is 57.3 Å². The summed E-state index contributed by atoms with van der Waals surface area (Å²) in [6.45, 7) is 9.91. The first-order chi connectivity index (χ1) is 9.39. The maximum absolute atomic E-state index is 5.97. The number of ether oxygens (including phenoxy) is 1. The van der Waals surface area contributed by atoms with Gasteiger partial charge in [-0.15, -0.1) is 0 Å². The van der Waals surface area contributed by atoms with E-state index in [0.717, 1.165) is 26.3 Å². The van der Waals surface area contributed by atoms with Crippen LogP contribution in [0.15, 0.2) is 24.3 Å². The second-order valence-corrected chi connectivity index (χ2v) is 6.80. The molecule has 1 unspecified atom stereocenters. The number of nitrogens with zero attached hydrogens (tertiary/aromatic N) is 1. The topological polar surface area (TPSA) is 38.5 Å². The van der Waals surface area contributed by atoms with Gasteiger partial charge in [0.1, 0.15) is 0 Å². The first-order valence-corrected chi connectivity index (χ1v) is 7.52. The summed E-state index contributed by atoms with van der Waals surface area (Å²) in [6, 6.07) is 8.69. The van der Waals surface area contributed by atoms with Crippen molar-refractivity contribution in [3.05, 3.63) is 35.4 Å². The molecule has 0 amide bonds. The molecule has 0 spiro atoms. The number of thiocarbonyl (C=S) groups is 1. The lowest BCUT2D eigenvalue weighted by atomic mass is 9.86. The largest absolute Gasteiger partial charge is 0.392 e. The highest BCUT2D eigenvalue weighted by Crippen LogP contribution is 2.27. The van der Waals surface area contributed by atoms with E-state index in [9.17, 15) is 0 Å². The molecule has 2 rings (SSSR count). The van der Waals surface area contributed by atoms with Crippen LogP contribution >= 0.6 is 12.2 Å². The van der Waals surface area contributed by atoms with Gasteiger partial charge in [0.05, 0.1) is 24.2 Å². The highest BCUT2D eigenvalue weighted by Gasteiger charge is 2.25. The van der Waals surface area contributed by atoms with Crippen molar-refractivity contribution in [2.75, 3.05) is 26.3 Å². The van der Waals surface area contributed by atoms with Crippen molar-refractivity contribution in [1.29, 1.82) is 0 Å². The van der Waals surface area contributed by atoms with Crippen LogP contribution in [0.3, 0.4) is 0 Å². The van der Waals surface area contributed by atoms with Crippen molar-refractivity contribution in [3.63, 3.8) is 0 Å². The van der Waals surface area contributed by atoms with Gasteiger partial charge in [0, 0.05) is 13.1 Å². The van der Waals surface area contributed by atoms with E-state index < -0.39 is 0 Å². The summed E-state index contributed by atoms with van der Waals surface area (Å²) >= 11 is 5.28. The lowest BCUT2D eigenvalue weighted by Gasteiger charge is -2.34. The third-order valence-electron chi connectivity index (χ3n) is 3.77. The molecule has 0 aliphatic carbocycles. The molecule has 0 saturated carbocycles. The van der Waals surface area contributed by atoms with Gasteiger partial charge in [-0.25, -0.2) is 0 Å². The zero-order valence-electron chi connectivity index (χ0n) is 12.6. The van der Waals surface area contributed by atoms with Crippen LogP contribution in [0.5, 0.6) is 0 Å². The zero-order chi connectivity index (χ0) is 14.8. The molecule has 1 atom stereocenters. The van der Waals surface area contributed by atoms with E-state index in [0.29, 0.717) is 4.99 Å². The Balaban J connectivity index is 2.23. The first-order valence-electron chi connectivity index (χ1n) is 7.11. The quantitative estimate of drug-likeness (QED) is 0.869. The first kappa shape index (κ1) is 15.4. The molecule has 2 N–H and O–H groups in total. The molecule has 1 aliphatic rings. The van der Waals surface area contributed by atoms with Crippen LogP contribution in [0.4, 0.5) is 0 Å². The van der Waals surface area contributed by atoms with Crippen LogP contribution in [0.1, 0.15) is 37.9 Å². The summed E-state index contributed by atoms with van der Waals surface area (Å²) in [7, 11) is 0. The maximum Gasteiger partial charge on any atom is 0.0948 e. The summed E-state index contributed by atoms with van der Waals surface area (Å²) in [5, 5.41) is 0. The lowest BCUT2D eigenvalue weighted by Crippen LogP contribution is -2.43. The van der Waals surface area contributed by atoms with Gasteiger partial charge in [-0.3, -0.25) is 4.90 Å². The SMILES string of the molecule is CC(C)(C)c1ccc(C(C(N)=S)N2CCOCC2)cc1. The Morgan fingerprint density at radius 1 is 1.20 bits per heavy atom. The molecule has 3 nitrogen and oxygen atoms in total. The standard InChI is InChI=1S/C16H24N2OS/c1-16(2,3)13-6-4-12(5-7-13)14(15(17)20)18-8-10-19-11-9-18/h4-7,14H,8-11H2,1-3H3,(H2,17,20). The Morgan fingerprint density at radius 3 is 2.20 bits per heavy atom. The van der Waals surface area contributed by atoms with E-state index in [1.54, 1.807) is 0 Å². The summed E-state index contributed by atoms with van der Waals surface area (Å²) in [4.78, 5) is 2.84. The van der Waals surface area contributed by atoms with E-state index in [4.69, 9.17) is 22.7 Å². The predicted octanol–water partition coefficient (Wildman–Crippen LogP) is 2.64. The molecule has 1 saturated heterocycles. The fourth-order valence-corrected chi connectivity index (χ4v) is 2.84.